The van der Waals surface area contributed by atoms with Gasteiger partial charge in [-0.05, 0) is 49.6 Å². The van der Waals surface area contributed by atoms with Crippen LogP contribution < -0.4 is 10.0 Å². The first-order valence-electron chi connectivity index (χ1n) is 7.72. The van der Waals surface area contributed by atoms with Crippen LogP contribution in [0.4, 0.5) is 11.5 Å². The van der Waals surface area contributed by atoms with Gasteiger partial charge >= 0.3 is 0 Å². The number of anilines is 2. The molecule has 1 aromatic heterocycles. The fraction of sp³-hybridized carbons (Fsp3) is 0.353. The Balaban J connectivity index is 2.13. The lowest BCUT2D eigenvalue weighted by Crippen LogP contribution is -2.14. The van der Waals surface area contributed by atoms with Crippen molar-refractivity contribution in [3.05, 3.63) is 47.7 Å². The number of pyridine rings is 1. The van der Waals surface area contributed by atoms with Gasteiger partial charge in [0.05, 0.1) is 16.8 Å². The van der Waals surface area contributed by atoms with Crippen molar-refractivity contribution in [1.82, 2.24) is 4.98 Å². The average molecular weight is 333 g/mol. The summed E-state index contributed by atoms with van der Waals surface area (Å²) in [5, 5.41) is 3.20. The number of hydrogen-bond donors (Lipinski definition) is 2. The van der Waals surface area contributed by atoms with Gasteiger partial charge in [-0.2, -0.15) is 0 Å². The molecule has 6 heteroatoms. The molecule has 2 aromatic rings. The van der Waals surface area contributed by atoms with Crippen molar-refractivity contribution >= 4 is 21.5 Å². The monoisotopic (exact) mass is 333 g/mol. The second kappa shape index (κ2) is 7.46. The molecule has 0 amide bonds. The van der Waals surface area contributed by atoms with E-state index in [1.54, 1.807) is 25.1 Å². The van der Waals surface area contributed by atoms with Crippen molar-refractivity contribution < 1.29 is 8.42 Å². The molecule has 0 atom stereocenters. The molecular formula is C17H23N3O2S. The number of benzene rings is 1. The Kier molecular flexibility index (Phi) is 5.60. The molecule has 0 aliphatic rings. The summed E-state index contributed by atoms with van der Waals surface area (Å²) in [6.45, 7) is 6.64. The van der Waals surface area contributed by atoms with Crippen LogP contribution in [0.5, 0.6) is 0 Å². The third-order valence-corrected chi connectivity index (χ3v) is 5.01. The summed E-state index contributed by atoms with van der Waals surface area (Å²) >= 11 is 0. The summed E-state index contributed by atoms with van der Waals surface area (Å²) in [4.78, 5) is 4.52. The zero-order valence-corrected chi connectivity index (χ0v) is 14.6. The van der Waals surface area contributed by atoms with E-state index in [4.69, 9.17) is 0 Å². The SMILES string of the molecule is CCCCNc1ccc(NS(=O)(=O)c2cc(C)ccc2C)cn1. The summed E-state index contributed by atoms with van der Waals surface area (Å²) in [6.07, 6.45) is 3.71. The Morgan fingerprint density at radius 3 is 2.57 bits per heavy atom. The number of rotatable bonds is 7. The van der Waals surface area contributed by atoms with E-state index < -0.39 is 10.0 Å². The largest absolute Gasteiger partial charge is 0.370 e. The smallest absolute Gasteiger partial charge is 0.262 e. The van der Waals surface area contributed by atoms with E-state index >= 15 is 0 Å². The molecule has 124 valence electrons. The molecule has 2 rings (SSSR count). The second-order valence-electron chi connectivity index (χ2n) is 5.59. The Hall–Kier alpha value is -2.08. The predicted molar refractivity (Wildman–Crippen MR) is 94.4 cm³/mol. The van der Waals surface area contributed by atoms with Gasteiger partial charge in [0.2, 0.25) is 0 Å². The topological polar surface area (TPSA) is 71.1 Å². The molecule has 0 saturated heterocycles. The molecule has 0 aliphatic carbocycles. The molecule has 0 saturated carbocycles. The molecule has 1 aromatic carbocycles. The minimum Gasteiger partial charge on any atom is -0.370 e. The summed E-state index contributed by atoms with van der Waals surface area (Å²) in [5.74, 6) is 0.744. The lowest BCUT2D eigenvalue weighted by Gasteiger charge is -2.11. The number of unbranched alkanes of at least 4 members (excludes halogenated alkanes) is 1. The lowest BCUT2D eigenvalue weighted by molar-refractivity contribution is 0.600. The van der Waals surface area contributed by atoms with Crippen LogP contribution in [0.2, 0.25) is 0 Å². The van der Waals surface area contributed by atoms with Crippen molar-refractivity contribution in [3.8, 4) is 0 Å². The minimum absolute atomic E-state index is 0.294. The standard InChI is InChI=1S/C17H23N3O2S/c1-4-5-10-18-17-9-8-15(12-19-17)20-23(21,22)16-11-13(2)6-7-14(16)3/h6-9,11-12,20H,4-5,10H2,1-3H3,(H,18,19). The van der Waals surface area contributed by atoms with Gasteiger partial charge in [0.25, 0.3) is 10.0 Å². The van der Waals surface area contributed by atoms with Crippen molar-refractivity contribution in [2.45, 2.75) is 38.5 Å². The fourth-order valence-corrected chi connectivity index (χ4v) is 3.53. The summed E-state index contributed by atoms with van der Waals surface area (Å²) in [5.41, 5.74) is 2.07. The number of nitrogens with one attached hydrogen (secondary N) is 2. The zero-order chi connectivity index (χ0) is 16.9. The van der Waals surface area contributed by atoms with Crippen LogP contribution in [0.1, 0.15) is 30.9 Å². The maximum absolute atomic E-state index is 12.5. The summed E-state index contributed by atoms with van der Waals surface area (Å²) in [7, 11) is -3.61. The normalized spacial score (nSPS) is 11.3. The first-order valence-corrected chi connectivity index (χ1v) is 9.20. The van der Waals surface area contributed by atoms with Gasteiger partial charge in [0.15, 0.2) is 0 Å². The Bertz CT molecular complexity index is 756. The fourth-order valence-electron chi connectivity index (χ4n) is 2.16. The molecule has 1 heterocycles. The highest BCUT2D eigenvalue weighted by molar-refractivity contribution is 7.92. The van der Waals surface area contributed by atoms with Gasteiger partial charge in [-0.1, -0.05) is 25.5 Å². The summed E-state index contributed by atoms with van der Waals surface area (Å²) < 4.78 is 27.6. The number of aryl methyl sites for hydroxylation is 2. The first-order chi connectivity index (χ1) is 10.9. The molecular weight excluding hydrogens is 310 g/mol. The Labute approximate surface area is 138 Å². The highest BCUT2D eigenvalue weighted by atomic mass is 32.2. The molecule has 0 radical (unpaired) electrons. The quantitative estimate of drug-likeness (QED) is 0.758. The van der Waals surface area contributed by atoms with Gasteiger partial charge in [-0.15, -0.1) is 0 Å². The van der Waals surface area contributed by atoms with E-state index in [0.29, 0.717) is 16.1 Å². The van der Waals surface area contributed by atoms with Crippen LogP contribution in [0.3, 0.4) is 0 Å². The van der Waals surface area contributed by atoms with Gasteiger partial charge in [-0.25, -0.2) is 13.4 Å². The van der Waals surface area contributed by atoms with Gasteiger partial charge in [0.1, 0.15) is 5.82 Å². The van der Waals surface area contributed by atoms with Crippen LogP contribution in [-0.2, 0) is 10.0 Å². The molecule has 0 aliphatic heterocycles. The maximum atomic E-state index is 12.5. The minimum atomic E-state index is -3.61. The predicted octanol–water partition coefficient (Wildman–Crippen LogP) is 3.71. The first kappa shape index (κ1) is 17.3. The van der Waals surface area contributed by atoms with Crippen LogP contribution in [0.15, 0.2) is 41.4 Å². The molecule has 0 fully saturated rings. The molecule has 5 nitrogen and oxygen atoms in total. The number of nitrogens with zero attached hydrogens (tertiary/aromatic N) is 1. The average Bonchev–Trinajstić information content (AvgIpc) is 2.51. The lowest BCUT2D eigenvalue weighted by atomic mass is 10.2. The van der Waals surface area contributed by atoms with Crippen LogP contribution in [-0.4, -0.2) is 19.9 Å². The van der Waals surface area contributed by atoms with Crippen LogP contribution in [0.25, 0.3) is 0 Å². The zero-order valence-electron chi connectivity index (χ0n) is 13.8. The second-order valence-corrected chi connectivity index (χ2v) is 7.24. The summed E-state index contributed by atoms with van der Waals surface area (Å²) in [6, 6.07) is 8.86. The maximum Gasteiger partial charge on any atom is 0.262 e. The van der Waals surface area contributed by atoms with Crippen molar-refractivity contribution in [2.75, 3.05) is 16.6 Å². The van der Waals surface area contributed by atoms with Crippen LogP contribution in [0, 0.1) is 13.8 Å². The highest BCUT2D eigenvalue weighted by Crippen LogP contribution is 2.20. The molecule has 2 N–H and O–H groups in total. The van der Waals surface area contributed by atoms with E-state index in [0.717, 1.165) is 30.8 Å². The number of aromatic nitrogens is 1. The van der Waals surface area contributed by atoms with Crippen molar-refractivity contribution in [3.63, 3.8) is 0 Å². The molecule has 0 bridgehead atoms. The van der Waals surface area contributed by atoms with Gasteiger partial charge in [0, 0.05) is 6.54 Å². The van der Waals surface area contributed by atoms with E-state index in [-0.39, 0.29) is 0 Å². The van der Waals surface area contributed by atoms with Gasteiger partial charge < -0.3 is 5.32 Å². The number of hydrogen-bond acceptors (Lipinski definition) is 4. The molecule has 0 unspecified atom stereocenters. The van der Waals surface area contributed by atoms with Crippen molar-refractivity contribution in [1.29, 1.82) is 0 Å². The third kappa shape index (κ3) is 4.69. The number of sulfonamides is 1. The van der Waals surface area contributed by atoms with E-state index in [9.17, 15) is 8.42 Å². The van der Waals surface area contributed by atoms with E-state index in [1.807, 2.05) is 19.1 Å². The molecule has 23 heavy (non-hydrogen) atoms. The van der Waals surface area contributed by atoms with E-state index in [1.165, 1.54) is 6.20 Å². The Morgan fingerprint density at radius 1 is 1.13 bits per heavy atom. The van der Waals surface area contributed by atoms with Crippen molar-refractivity contribution in [2.24, 2.45) is 0 Å². The molecule has 0 spiro atoms. The van der Waals surface area contributed by atoms with Crippen LogP contribution >= 0.6 is 0 Å². The van der Waals surface area contributed by atoms with E-state index in [2.05, 4.69) is 21.9 Å². The third-order valence-electron chi connectivity index (χ3n) is 3.49. The highest BCUT2D eigenvalue weighted by Gasteiger charge is 2.17. The van der Waals surface area contributed by atoms with Gasteiger partial charge in [-0.3, -0.25) is 4.72 Å². The Morgan fingerprint density at radius 2 is 1.91 bits per heavy atom.